The van der Waals surface area contributed by atoms with Crippen molar-refractivity contribution in [1.29, 1.82) is 0 Å². The van der Waals surface area contributed by atoms with E-state index in [9.17, 15) is 8.42 Å². The molecule has 0 spiro atoms. The van der Waals surface area contributed by atoms with E-state index in [4.69, 9.17) is 11.6 Å². The predicted molar refractivity (Wildman–Crippen MR) is 69.0 cm³/mol. The first kappa shape index (κ1) is 13.3. The van der Waals surface area contributed by atoms with E-state index in [0.717, 1.165) is 11.3 Å². The number of aryl methyl sites for hydroxylation is 1. The second-order valence-electron chi connectivity index (χ2n) is 3.89. The molecule has 1 rings (SSSR count). The summed E-state index contributed by atoms with van der Waals surface area (Å²) in [7, 11) is -2.87. The van der Waals surface area contributed by atoms with Crippen molar-refractivity contribution >= 4 is 27.1 Å². The van der Waals surface area contributed by atoms with Crippen LogP contribution in [-0.4, -0.2) is 27.0 Å². The molecule has 0 saturated carbocycles. The van der Waals surface area contributed by atoms with Crippen molar-refractivity contribution in [3.8, 4) is 0 Å². The summed E-state index contributed by atoms with van der Waals surface area (Å²) in [6, 6.07) is 5.74. The largest absolute Gasteiger partial charge is 0.384 e. The Balaban J connectivity index is 2.43. The van der Waals surface area contributed by atoms with Crippen molar-refractivity contribution in [3.63, 3.8) is 0 Å². The summed E-state index contributed by atoms with van der Waals surface area (Å²) >= 11 is 6.02. The summed E-state index contributed by atoms with van der Waals surface area (Å²) in [5, 5.41) is 3.78. The third kappa shape index (κ3) is 4.86. The molecule has 90 valence electrons. The van der Waals surface area contributed by atoms with Crippen molar-refractivity contribution in [2.45, 2.75) is 13.3 Å². The summed E-state index contributed by atoms with van der Waals surface area (Å²) in [5.74, 6) is 0.198. The van der Waals surface area contributed by atoms with Crippen LogP contribution in [0.2, 0.25) is 5.02 Å². The minimum atomic E-state index is -2.87. The van der Waals surface area contributed by atoms with Crippen LogP contribution in [0.4, 0.5) is 5.69 Å². The Morgan fingerprint density at radius 1 is 1.38 bits per heavy atom. The zero-order chi connectivity index (χ0) is 12.2. The lowest BCUT2D eigenvalue weighted by atomic mass is 10.2. The van der Waals surface area contributed by atoms with Gasteiger partial charge in [0.15, 0.2) is 0 Å². The van der Waals surface area contributed by atoms with Gasteiger partial charge in [0.2, 0.25) is 0 Å². The quantitative estimate of drug-likeness (QED) is 0.829. The van der Waals surface area contributed by atoms with Crippen LogP contribution >= 0.6 is 11.6 Å². The molecule has 1 aromatic carbocycles. The SMILES string of the molecule is Cc1ccc(NCCCS(C)(=O)=O)c(Cl)c1. The van der Waals surface area contributed by atoms with E-state index < -0.39 is 9.84 Å². The van der Waals surface area contributed by atoms with E-state index >= 15 is 0 Å². The Hall–Kier alpha value is -0.740. The predicted octanol–water partition coefficient (Wildman–Crippen LogP) is 2.50. The standard InChI is InChI=1S/C11H16ClNO2S/c1-9-4-5-11(10(12)8-9)13-6-3-7-16(2,14)15/h4-5,8,13H,3,6-7H2,1-2H3. The van der Waals surface area contributed by atoms with Gasteiger partial charge in [-0.1, -0.05) is 17.7 Å². The molecule has 0 bridgehead atoms. The fourth-order valence-corrected chi connectivity index (χ4v) is 2.29. The second-order valence-corrected chi connectivity index (χ2v) is 6.56. The van der Waals surface area contributed by atoms with Crippen molar-refractivity contribution in [2.75, 3.05) is 23.9 Å². The Labute approximate surface area is 102 Å². The van der Waals surface area contributed by atoms with Gasteiger partial charge in [-0.05, 0) is 31.0 Å². The molecule has 1 aromatic rings. The number of halogens is 1. The molecule has 0 radical (unpaired) electrons. The van der Waals surface area contributed by atoms with Gasteiger partial charge >= 0.3 is 0 Å². The first-order chi connectivity index (χ1) is 7.38. The molecule has 3 nitrogen and oxygen atoms in total. The number of anilines is 1. The van der Waals surface area contributed by atoms with Crippen molar-refractivity contribution in [2.24, 2.45) is 0 Å². The van der Waals surface area contributed by atoms with Gasteiger partial charge in [-0.15, -0.1) is 0 Å². The van der Waals surface area contributed by atoms with Crippen LogP contribution in [0.3, 0.4) is 0 Å². The average molecular weight is 262 g/mol. The minimum absolute atomic E-state index is 0.198. The fraction of sp³-hybridized carbons (Fsp3) is 0.455. The summed E-state index contributed by atoms with van der Waals surface area (Å²) in [5.41, 5.74) is 1.95. The number of rotatable bonds is 5. The number of hydrogen-bond acceptors (Lipinski definition) is 3. The van der Waals surface area contributed by atoms with Crippen LogP contribution in [0.5, 0.6) is 0 Å². The van der Waals surface area contributed by atoms with Crippen LogP contribution in [0, 0.1) is 6.92 Å². The molecule has 0 aliphatic carbocycles. The Morgan fingerprint density at radius 3 is 2.62 bits per heavy atom. The lowest BCUT2D eigenvalue weighted by Crippen LogP contribution is -2.09. The summed E-state index contributed by atoms with van der Waals surface area (Å²) in [4.78, 5) is 0. The van der Waals surface area contributed by atoms with E-state index in [1.165, 1.54) is 6.26 Å². The van der Waals surface area contributed by atoms with Gasteiger partial charge in [0.05, 0.1) is 16.5 Å². The van der Waals surface area contributed by atoms with E-state index in [1.807, 2.05) is 25.1 Å². The summed E-state index contributed by atoms with van der Waals surface area (Å²) < 4.78 is 21.8. The van der Waals surface area contributed by atoms with Gasteiger partial charge in [0.25, 0.3) is 0 Å². The van der Waals surface area contributed by atoms with E-state index in [1.54, 1.807) is 0 Å². The highest BCUT2D eigenvalue weighted by molar-refractivity contribution is 7.90. The highest BCUT2D eigenvalue weighted by Gasteiger charge is 2.02. The molecule has 0 heterocycles. The van der Waals surface area contributed by atoms with Crippen LogP contribution in [0.25, 0.3) is 0 Å². The number of benzene rings is 1. The Kier molecular flexibility index (Phi) is 4.62. The van der Waals surface area contributed by atoms with Gasteiger partial charge in [0, 0.05) is 12.8 Å². The van der Waals surface area contributed by atoms with Crippen molar-refractivity contribution in [1.82, 2.24) is 0 Å². The minimum Gasteiger partial charge on any atom is -0.384 e. The highest BCUT2D eigenvalue weighted by atomic mass is 35.5. The molecular formula is C11H16ClNO2S. The zero-order valence-electron chi connectivity index (χ0n) is 9.46. The molecular weight excluding hydrogens is 246 g/mol. The lowest BCUT2D eigenvalue weighted by molar-refractivity contribution is 0.600. The van der Waals surface area contributed by atoms with E-state index in [-0.39, 0.29) is 5.75 Å². The maximum Gasteiger partial charge on any atom is 0.147 e. The maximum atomic E-state index is 10.9. The Bertz CT molecular complexity index is 457. The molecule has 0 aliphatic rings. The maximum absolute atomic E-state index is 10.9. The van der Waals surface area contributed by atoms with Crippen molar-refractivity contribution < 1.29 is 8.42 Å². The van der Waals surface area contributed by atoms with Gasteiger partial charge in [-0.2, -0.15) is 0 Å². The van der Waals surface area contributed by atoms with E-state index in [0.29, 0.717) is 18.0 Å². The van der Waals surface area contributed by atoms with Crippen LogP contribution < -0.4 is 5.32 Å². The second kappa shape index (κ2) is 5.55. The lowest BCUT2D eigenvalue weighted by Gasteiger charge is -2.08. The molecule has 0 amide bonds. The van der Waals surface area contributed by atoms with Crippen LogP contribution in [0.1, 0.15) is 12.0 Å². The molecule has 0 unspecified atom stereocenters. The number of nitrogens with one attached hydrogen (secondary N) is 1. The average Bonchev–Trinajstić information content (AvgIpc) is 2.13. The zero-order valence-corrected chi connectivity index (χ0v) is 11.0. The fourth-order valence-electron chi connectivity index (χ4n) is 1.32. The summed E-state index contributed by atoms with van der Waals surface area (Å²) in [6.45, 7) is 2.58. The number of hydrogen-bond donors (Lipinski definition) is 1. The normalized spacial score (nSPS) is 11.4. The van der Waals surface area contributed by atoms with Crippen LogP contribution in [0.15, 0.2) is 18.2 Å². The molecule has 0 aromatic heterocycles. The Morgan fingerprint density at radius 2 is 2.06 bits per heavy atom. The third-order valence-electron chi connectivity index (χ3n) is 2.13. The van der Waals surface area contributed by atoms with Gasteiger partial charge in [-0.25, -0.2) is 8.42 Å². The van der Waals surface area contributed by atoms with Gasteiger partial charge in [0.1, 0.15) is 9.84 Å². The van der Waals surface area contributed by atoms with Crippen molar-refractivity contribution in [3.05, 3.63) is 28.8 Å². The topological polar surface area (TPSA) is 46.2 Å². The van der Waals surface area contributed by atoms with Gasteiger partial charge in [-0.3, -0.25) is 0 Å². The molecule has 0 saturated heterocycles. The molecule has 16 heavy (non-hydrogen) atoms. The number of sulfone groups is 1. The third-order valence-corrected chi connectivity index (χ3v) is 3.47. The first-order valence-corrected chi connectivity index (χ1v) is 7.50. The van der Waals surface area contributed by atoms with E-state index in [2.05, 4.69) is 5.32 Å². The van der Waals surface area contributed by atoms with Crippen LogP contribution in [-0.2, 0) is 9.84 Å². The van der Waals surface area contributed by atoms with Gasteiger partial charge < -0.3 is 5.32 Å². The smallest absolute Gasteiger partial charge is 0.147 e. The highest BCUT2D eigenvalue weighted by Crippen LogP contribution is 2.22. The molecule has 1 N–H and O–H groups in total. The molecule has 0 fully saturated rings. The molecule has 5 heteroatoms. The monoisotopic (exact) mass is 261 g/mol. The molecule has 0 aliphatic heterocycles. The summed E-state index contributed by atoms with van der Waals surface area (Å²) in [6.07, 6.45) is 1.83. The first-order valence-electron chi connectivity index (χ1n) is 5.06. The molecule has 0 atom stereocenters.